The number of rotatable bonds is 3. The summed E-state index contributed by atoms with van der Waals surface area (Å²) in [5.41, 5.74) is 4.07. The van der Waals surface area contributed by atoms with E-state index in [1.54, 1.807) is 36.5 Å². The van der Waals surface area contributed by atoms with E-state index in [4.69, 9.17) is 15.0 Å². The molecule has 8 heteroatoms. The highest BCUT2D eigenvalue weighted by atomic mass is 19.1. The first-order valence-electron chi connectivity index (χ1n) is 13.7. The molecule has 4 nitrogen and oxygen atoms in total. The maximum atomic E-state index is 15.4. The maximum Gasteiger partial charge on any atom is 0.130 e. The van der Waals surface area contributed by atoms with E-state index in [0.29, 0.717) is 39.9 Å². The number of nitrogens with zero attached hydrogens (tertiary/aromatic N) is 4. The van der Waals surface area contributed by atoms with Crippen LogP contribution in [0.4, 0.5) is 17.6 Å². The Morgan fingerprint density at radius 1 is 0.395 bits per heavy atom. The van der Waals surface area contributed by atoms with Crippen molar-refractivity contribution in [2.75, 3.05) is 0 Å². The smallest absolute Gasteiger partial charge is 0.130 e. The lowest BCUT2D eigenvalue weighted by molar-refractivity contribution is 0.565. The van der Waals surface area contributed by atoms with Gasteiger partial charge in [-0.3, -0.25) is 19.9 Å². The molecule has 6 bridgehead atoms. The summed E-state index contributed by atoms with van der Waals surface area (Å²) in [6.45, 7) is 0. The van der Waals surface area contributed by atoms with Crippen molar-refractivity contribution in [3.63, 3.8) is 0 Å². The molecule has 210 valence electrons. The van der Waals surface area contributed by atoms with Crippen LogP contribution in [-0.2, 0) is 0 Å². The zero-order valence-electron chi connectivity index (χ0n) is 22.5. The second-order valence-corrected chi connectivity index (χ2v) is 10.3. The second kappa shape index (κ2) is 10.9. The van der Waals surface area contributed by atoms with Crippen LogP contribution in [0.2, 0.25) is 0 Å². The molecular weight excluding hydrogens is 552 g/mol. The van der Waals surface area contributed by atoms with Crippen molar-refractivity contribution in [3.8, 4) is 0 Å². The summed E-state index contributed by atoms with van der Waals surface area (Å²) in [4.78, 5) is 19.5. The van der Waals surface area contributed by atoms with Crippen LogP contribution in [0.15, 0.2) is 115 Å². The van der Waals surface area contributed by atoms with Gasteiger partial charge in [0.1, 0.15) is 23.3 Å². The first-order chi connectivity index (χ1) is 21.0. The predicted octanol–water partition coefficient (Wildman–Crippen LogP) is 7.68. The number of hydrogen-bond donors (Lipinski definition) is 0. The molecular formula is C35H22F4N4. The molecule has 0 fully saturated rings. The fourth-order valence-electron chi connectivity index (χ4n) is 5.78. The number of fused-ring (bicyclic) bond motifs is 6. The topological polar surface area (TPSA) is 51.6 Å². The summed E-state index contributed by atoms with van der Waals surface area (Å²) in [6, 6.07) is 28.5. The van der Waals surface area contributed by atoms with Gasteiger partial charge in [0.25, 0.3) is 0 Å². The van der Waals surface area contributed by atoms with Crippen molar-refractivity contribution in [1.82, 2.24) is 19.9 Å². The van der Waals surface area contributed by atoms with E-state index >= 15 is 8.78 Å². The Morgan fingerprint density at radius 2 is 0.791 bits per heavy atom. The molecule has 6 aromatic rings. The van der Waals surface area contributed by atoms with E-state index in [9.17, 15) is 8.78 Å². The van der Waals surface area contributed by atoms with Gasteiger partial charge >= 0.3 is 0 Å². The van der Waals surface area contributed by atoms with Gasteiger partial charge in [0.15, 0.2) is 0 Å². The van der Waals surface area contributed by atoms with Gasteiger partial charge in [0, 0.05) is 29.5 Å². The Morgan fingerprint density at radius 3 is 1.16 bits per heavy atom. The van der Waals surface area contributed by atoms with E-state index in [1.807, 2.05) is 42.5 Å². The van der Waals surface area contributed by atoms with Gasteiger partial charge in [-0.15, -0.1) is 0 Å². The minimum atomic E-state index is -0.825. The summed E-state index contributed by atoms with van der Waals surface area (Å²) in [5.74, 6) is -5.07. The molecule has 2 aromatic carbocycles. The molecule has 0 spiro atoms. The molecule has 43 heavy (non-hydrogen) atoms. The maximum absolute atomic E-state index is 15.4. The zero-order chi connectivity index (χ0) is 29.5. The van der Waals surface area contributed by atoms with Crippen LogP contribution in [0, 0.1) is 23.3 Å². The first kappa shape index (κ1) is 26.6. The molecule has 0 amide bonds. The number of pyridine rings is 4. The van der Waals surface area contributed by atoms with Crippen LogP contribution < -0.4 is 0 Å². The van der Waals surface area contributed by atoms with Crippen LogP contribution in [0.5, 0.6) is 0 Å². The quantitative estimate of drug-likeness (QED) is 0.203. The van der Waals surface area contributed by atoms with Crippen LogP contribution in [0.3, 0.4) is 0 Å². The fourth-order valence-corrected chi connectivity index (χ4v) is 5.78. The van der Waals surface area contributed by atoms with Gasteiger partial charge in [-0.25, -0.2) is 17.6 Å². The molecule has 5 heterocycles. The first-order valence-corrected chi connectivity index (χ1v) is 13.7. The Hall–Kier alpha value is -5.24. The van der Waals surface area contributed by atoms with Gasteiger partial charge in [-0.1, -0.05) is 36.4 Å². The molecule has 0 radical (unpaired) electrons. The Kier molecular flexibility index (Phi) is 6.74. The summed E-state index contributed by atoms with van der Waals surface area (Å²) in [6.07, 6.45) is 1.68. The standard InChI is InChI=1S/C35H22F4N4/c36-20-13-15-22(24(38)18-20)33-27-7-3-8-28(41-27)34(23-16-14-21(37)19-25(23)39)30-10-5-12-32(43-30)35(26-6-1-2-17-40-26)31-11-4-9-29(33)42-31/h1-19,33-35H. The minimum absolute atomic E-state index is 0.184. The number of benzene rings is 2. The van der Waals surface area contributed by atoms with E-state index in [0.717, 1.165) is 12.1 Å². The molecule has 1 aliphatic rings. The molecule has 0 aliphatic carbocycles. The Bertz CT molecular complexity index is 1850. The zero-order valence-corrected chi connectivity index (χ0v) is 22.5. The molecule has 2 unspecified atom stereocenters. The normalized spacial score (nSPS) is 17.5. The molecule has 0 saturated carbocycles. The Labute approximate surface area is 244 Å². The third-order valence-electron chi connectivity index (χ3n) is 7.68. The summed E-state index contributed by atoms with van der Waals surface area (Å²) in [7, 11) is 0. The van der Waals surface area contributed by atoms with Gasteiger partial charge in [0.05, 0.1) is 57.6 Å². The average molecular weight is 575 g/mol. The highest BCUT2D eigenvalue weighted by Gasteiger charge is 2.31. The fraction of sp³-hybridized carbons (Fsp3) is 0.0857. The second-order valence-electron chi connectivity index (χ2n) is 10.3. The molecule has 2 atom stereocenters. The SMILES string of the molecule is Fc1ccc(C2c3cccc(n3)C(c3ccccn3)c3cccc(n3)C(c3ccc(F)cc3F)c3cccc2n3)c(F)c1. The lowest BCUT2D eigenvalue weighted by atomic mass is 9.86. The highest BCUT2D eigenvalue weighted by molar-refractivity contribution is 5.45. The highest BCUT2D eigenvalue weighted by Crippen LogP contribution is 2.39. The van der Waals surface area contributed by atoms with E-state index in [2.05, 4.69) is 4.98 Å². The number of hydrogen-bond acceptors (Lipinski definition) is 4. The van der Waals surface area contributed by atoms with Crippen LogP contribution in [0.25, 0.3) is 0 Å². The van der Waals surface area contributed by atoms with Crippen LogP contribution in [-0.4, -0.2) is 19.9 Å². The van der Waals surface area contributed by atoms with Crippen LogP contribution >= 0.6 is 0 Å². The summed E-state index contributed by atoms with van der Waals surface area (Å²) >= 11 is 0. The molecule has 1 aliphatic heterocycles. The summed E-state index contributed by atoms with van der Waals surface area (Å²) < 4.78 is 58.9. The van der Waals surface area contributed by atoms with E-state index < -0.39 is 41.0 Å². The van der Waals surface area contributed by atoms with E-state index in [1.165, 1.54) is 24.3 Å². The summed E-state index contributed by atoms with van der Waals surface area (Å²) in [5, 5.41) is 0. The van der Waals surface area contributed by atoms with Crippen molar-refractivity contribution in [2.45, 2.75) is 17.8 Å². The minimum Gasteiger partial charge on any atom is -0.260 e. The number of aromatic nitrogens is 4. The van der Waals surface area contributed by atoms with Gasteiger partial charge in [0.2, 0.25) is 0 Å². The van der Waals surface area contributed by atoms with Crippen molar-refractivity contribution in [1.29, 1.82) is 0 Å². The van der Waals surface area contributed by atoms with Crippen LogP contribution in [0.1, 0.15) is 68.7 Å². The molecule has 0 saturated heterocycles. The third kappa shape index (κ3) is 4.95. The van der Waals surface area contributed by atoms with Crippen molar-refractivity contribution < 1.29 is 17.6 Å². The molecule has 4 aromatic heterocycles. The average Bonchev–Trinajstić information content (AvgIpc) is 3.01. The van der Waals surface area contributed by atoms with Crippen molar-refractivity contribution in [3.05, 3.63) is 190 Å². The lowest BCUT2D eigenvalue weighted by Gasteiger charge is -2.25. The lowest BCUT2D eigenvalue weighted by Crippen LogP contribution is -2.18. The van der Waals surface area contributed by atoms with Gasteiger partial charge in [-0.2, -0.15) is 0 Å². The van der Waals surface area contributed by atoms with Gasteiger partial charge < -0.3 is 0 Å². The largest absolute Gasteiger partial charge is 0.260 e. The third-order valence-corrected chi connectivity index (χ3v) is 7.68. The van der Waals surface area contributed by atoms with E-state index in [-0.39, 0.29) is 11.1 Å². The van der Waals surface area contributed by atoms with Crippen molar-refractivity contribution >= 4 is 0 Å². The van der Waals surface area contributed by atoms with Crippen molar-refractivity contribution in [2.24, 2.45) is 0 Å². The molecule has 0 N–H and O–H groups in total. The predicted molar refractivity (Wildman–Crippen MR) is 152 cm³/mol. The Balaban J connectivity index is 1.56. The monoisotopic (exact) mass is 574 g/mol. The van der Waals surface area contributed by atoms with Gasteiger partial charge in [-0.05, 0) is 60.7 Å². The number of halogens is 4. The molecule has 7 rings (SSSR count).